The van der Waals surface area contributed by atoms with Gasteiger partial charge in [-0.2, -0.15) is 0 Å². The first-order valence-corrected chi connectivity index (χ1v) is 11.2. The first-order chi connectivity index (χ1) is 13.0. The molecule has 0 bridgehead atoms. The lowest BCUT2D eigenvalue weighted by molar-refractivity contribution is -0.139. The number of aromatic nitrogens is 2. The molecule has 0 spiro atoms. The van der Waals surface area contributed by atoms with Crippen molar-refractivity contribution in [3.8, 4) is 0 Å². The molecule has 2 fully saturated rings. The molecule has 0 unspecified atom stereocenters. The van der Waals surface area contributed by atoms with Crippen LogP contribution in [0.25, 0.3) is 10.2 Å². The van der Waals surface area contributed by atoms with Gasteiger partial charge < -0.3 is 9.88 Å². The third kappa shape index (κ3) is 3.68. The monoisotopic (exact) mass is 387 g/mol. The number of carbonyl (C=O) groups excluding carboxylic acids is 1. The Bertz CT molecular complexity index is 889. The van der Waals surface area contributed by atoms with Crippen molar-refractivity contribution in [1.29, 1.82) is 0 Å². The van der Waals surface area contributed by atoms with Crippen molar-refractivity contribution in [2.45, 2.75) is 84.2 Å². The van der Waals surface area contributed by atoms with Gasteiger partial charge in [-0.05, 0) is 45.1 Å². The summed E-state index contributed by atoms with van der Waals surface area (Å²) < 4.78 is 0. The van der Waals surface area contributed by atoms with Gasteiger partial charge in [0.15, 0.2) is 0 Å². The Labute approximate surface area is 164 Å². The van der Waals surface area contributed by atoms with Crippen LogP contribution in [0, 0.1) is 19.8 Å². The van der Waals surface area contributed by atoms with E-state index in [1.807, 2.05) is 18.7 Å². The molecule has 2 saturated carbocycles. The largest absolute Gasteiger partial charge is 0.332 e. The molecule has 4 rings (SSSR count). The van der Waals surface area contributed by atoms with Gasteiger partial charge in [0.1, 0.15) is 10.7 Å². The van der Waals surface area contributed by atoms with Crippen LogP contribution in [0.4, 0.5) is 0 Å². The van der Waals surface area contributed by atoms with Crippen LogP contribution in [0.5, 0.6) is 0 Å². The minimum Gasteiger partial charge on any atom is -0.332 e. The highest BCUT2D eigenvalue weighted by Gasteiger charge is 2.32. The van der Waals surface area contributed by atoms with Gasteiger partial charge in [0, 0.05) is 16.8 Å². The number of nitrogens with zero attached hydrogens (tertiary/aromatic N) is 2. The number of rotatable bonds is 4. The highest BCUT2D eigenvalue weighted by molar-refractivity contribution is 7.18. The van der Waals surface area contributed by atoms with E-state index < -0.39 is 0 Å². The van der Waals surface area contributed by atoms with Crippen molar-refractivity contribution in [2.75, 3.05) is 0 Å². The molecular weight excluding hydrogens is 358 g/mol. The first kappa shape index (κ1) is 18.7. The highest BCUT2D eigenvalue weighted by atomic mass is 32.1. The molecule has 1 N–H and O–H groups in total. The maximum Gasteiger partial charge on any atom is 0.259 e. The number of H-pyrrole nitrogens is 1. The Morgan fingerprint density at radius 1 is 1.11 bits per heavy atom. The quantitative estimate of drug-likeness (QED) is 0.843. The van der Waals surface area contributed by atoms with Gasteiger partial charge in [-0.3, -0.25) is 9.59 Å². The van der Waals surface area contributed by atoms with E-state index >= 15 is 0 Å². The number of amides is 1. The van der Waals surface area contributed by atoms with Crippen LogP contribution < -0.4 is 5.56 Å². The van der Waals surface area contributed by atoms with E-state index in [9.17, 15) is 9.59 Å². The number of aromatic amines is 1. The molecule has 6 heteroatoms. The number of aryl methyl sites for hydroxylation is 2. The molecule has 146 valence electrons. The summed E-state index contributed by atoms with van der Waals surface area (Å²) in [6.45, 7) is 4.43. The first-order valence-electron chi connectivity index (χ1n) is 10.3. The molecule has 2 aromatic heterocycles. The molecule has 2 heterocycles. The average molecular weight is 388 g/mol. The van der Waals surface area contributed by atoms with Gasteiger partial charge in [-0.25, -0.2) is 4.98 Å². The van der Waals surface area contributed by atoms with Gasteiger partial charge in [-0.15, -0.1) is 11.3 Å². The van der Waals surface area contributed by atoms with Crippen LogP contribution in [0.1, 0.15) is 74.1 Å². The van der Waals surface area contributed by atoms with E-state index in [-0.39, 0.29) is 17.4 Å². The molecule has 0 aliphatic heterocycles. The highest BCUT2D eigenvalue weighted by Crippen LogP contribution is 2.31. The molecule has 0 saturated heterocycles. The molecule has 1 amide bonds. The van der Waals surface area contributed by atoms with E-state index in [2.05, 4.69) is 4.98 Å². The van der Waals surface area contributed by atoms with Crippen molar-refractivity contribution in [3.05, 3.63) is 26.6 Å². The van der Waals surface area contributed by atoms with Crippen LogP contribution in [0.15, 0.2) is 4.79 Å². The average Bonchev–Trinajstić information content (AvgIpc) is 3.29. The Morgan fingerprint density at radius 3 is 2.48 bits per heavy atom. The van der Waals surface area contributed by atoms with Crippen LogP contribution in [0.3, 0.4) is 0 Å². The molecule has 5 nitrogen and oxygen atoms in total. The summed E-state index contributed by atoms with van der Waals surface area (Å²) in [5.41, 5.74) is 0.939. The SMILES string of the molecule is Cc1sc2nc(CN(C(=O)C3CCCCC3)C3CCCC3)[nH]c(=O)c2c1C. The van der Waals surface area contributed by atoms with E-state index in [4.69, 9.17) is 4.98 Å². The molecule has 2 aliphatic rings. The lowest BCUT2D eigenvalue weighted by Crippen LogP contribution is -2.43. The predicted octanol–water partition coefficient (Wildman–Crippen LogP) is 4.45. The molecule has 2 aromatic rings. The van der Waals surface area contributed by atoms with Gasteiger partial charge in [0.05, 0.1) is 11.9 Å². The molecule has 2 aliphatic carbocycles. The van der Waals surface area contributed by atoms with Crippen LogP contribution in [0.2, 0.25) is 0 Å². The summed E-state index contributed by atoms with van der Waals surface area (Å²) in [7, 11) is 0. The number of hydrogen-bond acceptors (Lipinski definition) is 4. The standard InChI is InChI=1S/C21H29N3O2S/c1-13-14(2)27-20-18(13)19(25)22-17(23-20)12-24(16-10-6-7-11-16)21(26)15-8-4-3-5-9-15/h15-16H,3-12H2,1-2H3,(H,22,23,25). The normalized spacial score (nSPS) is 19.0. The summed E-state index contributed by atoms with van der Waals surface area (Å²) in [5, 5.41) is 0.701. The number of fused-ring (bicyclic) bond motifs is 1. The van der Waals surface area contributed by atoms with Crippen molar-refractivity contribution >= 4 is 27.5 Å². The summed E-state index contributed by atoms with van der Waals surface area (Å²) >= 11 is 1.57. The number of carbonyl (C=O) groups is 1. The Balaban J connectivity index is 1.63. The Kier molecular flexibility index (Phi) is 5.35. The van der Waals surface area contributed by atoms with Gasteiger partial charge >= 0.3 is 0 Å². The lowest BCUT2D eigenvalue weighted by atomic mass is 9.88. The van der Waals surface area contributed by atoms with Crippen molar-refractivity contribution < 1.29 is 4.79 Å². The lowest BCUT2D eigenvalue weighted by Gasteiger charge is -2.33. The van der Waals surface area contributed by atoms with E-state index in [0.717, 1.165) is 53.8 Å². The van der Waals surface area contributed by atoms with E-state index in [1.54, 1.807) is 11.3 Å². The predicted molar refractivity (Wildman–Crippen MR) is 109 cm³/mol. The summed E-state index contributed by atoms with van der Waals surface area (Å²) in [5.74, 6) is 1.06. The molecule has 0 atom stereocenters. The second-order valence-electron chi connectivity index (χ2n) is 8.22. The number of nitrogens with one attached hydrogen (secondary N) is 1. The minimum atomic E-state index is -0.0756. The fourth-order valence-electron chi connectivity index (χ4n) is 4.72. The topological polar surface area (TPSA) is 66.1 Å². The van der Waals surface area contributed by atoms with Crippen molar-refractivity contribution in [2.24, 2.45) is 5.92 Å². The molecule has 0 radical (unpaired) electrons. The fourth-order valence-corrected chi connectivity index (χ4v) is 5.77. The van der Waals surface area contributed by atoms with Crippen LogP contribution in [-0.4, -0.2) is 26.8 Å². The fraction of sp³-hybridized carbons (Fsp3) is 0.667. The number of thiophene rings is 1. The van der Waals surface area contributed by atoms with Crippen molar-refractivity contribution in [1.82, 2.24) is 14.9 Å². The maximum atomic E-state index is 13.3. The van der Waals surface area contributed by atoms with Gasteiger partial charge in [0.25, 0.3) is 5.56 Å². The Hall–Kier alpha value is -1.69. The van der Waals surface area contributed by atoms with Crippen LogP contribution in [-0.2, 0) is 11.3 Å². The summed E-state index contributed by atoms with van der Waals surface area (Å²) in [6.07, 6.45) is 10.1. The second-order valence-corrected chi connectivity index (χ2v) is 9.42. The van der Waals surface area contributed by atoms with Gasteiger partial charge in [-0.1, -0.05) is 32.1 Å². The third-order valence-corrected chi connectivity index (χ3v) is 7.51. The third-order valence-electron chi connectivity index (χ3n) is 6.41. The summed E-state index contributed by atoms with van der Waals surface area (Å²) in [4.78, 5) is 37.6. The Morgan fingerprint density at radius 2 is 1.78 bits per heavy atom. The zero-order valence-corrected chi connectivity index (χ0v) is 17.2. The zero-order valence-electron chi connectivity index (χ0n) is 16.3. The van der Waals surface area contributed by atoms with Crippen molar-refractivity contribution in [3.63, 3.8) is 0 Å². The molecular formula is C21H29N3O2S. The summed E-state index contributed by atoms with van der Waals surface area (Å²) in [6, 6.07) is 0.298. The van der Waals surface area contributed by atoms with Gasteiger partial charge in [0.2, 0.25) is 5.91 Å². The number of hydrogen-bond donors (Lipinski definition) is 1. The minimum absolute atomic E-state index is 0.0756. The second kappa shape index (κ2) is 7.74. The van der Waals surface area contributed by atoms with E-state index in [0.29, 0.717) is 23.8 Å². The van der Waals surface area contributed by atoms with Crippen LogP contribution >= 0.6 is 11.3 Å². The molecule has 27 heavy (non-hydrogen) atoms. The smallest absolute Gasteiger partial charge is 0.259 e. The van der Waals surface area contributed by atoms with E-state index in [1.165, 1.54) is 19.3 Å². The zero-order chi connectivity index (χ0) is 19.0. The molecule has 0 aromatic carbocycles. The maximum absolute atomic E-state index is 13.3.